The van der Waals surface area contributed by atoms with Gasteiger partial charge in [-0.25, -0.2) is 0 Å². The summed E-state index contributed by atoms with van der Waals surface area (Å²) in [6.07, 6.45) is 3.91. The van der Waals surface area contributed by atoms with Crippen LogP contribution in [0, 0.1) is 11.3 Å². The van der Waals surface area contributed by atoms with Crippen LogP contribution in [-0.4, -0.2) is 38.8 Å². The van der Waals surface area contributed by atoms with Gasteiger partial charge < -0.3 is 15.4 Å². The van der Waals surface area contributed by atoms with Gasteiger partial charge in [0.25, 0.3) is 0 Å². The van der Waals surface area contributed by atoms with Crippen LogP contribution in [0.15, 0.2) is 0 Å². The Morgan fingerprint density at radius 2 is 2.26 bits per heavy atom. The highest BCUT2D eigenvalue weighted by Gasteiger charge is 2.37. The van der Waals surface area contributed by atoms with E-state index >= 15 is 0 Å². The van der Waals surface area contributed by atoms with E-state index in [1.165, 1.54) is 0 Å². The molecule has 1 unspecified atom stereocenters. The molecule has 0 saturated carbocycles. The molecule has 4 heteroatoms. The molecule has 0 spiro atoms. The molecule has 0 aromatic carbocycles. The largest absolute Gasteiger partial charge is 0.381 e. The van der Waals surface area contributed by atoms with Crippen LogP contribution in [0.3, 0.4) is 0 Å². The average molecular weight is 270 g/mol. The minimum Gasteiger partial charge on any atom is -0.381 e. The molecule has 2 N–H and O–H groups in total. The third-order valence-electron chi connectivity index (χ3n) is 3.83. The van der Waals surface area contributed by atoms with Crippen molar-refractivity contribution in [2.45, 2.75) is 46.5 Å². The van der Waals surface area contributed by atoms with Gasteiger partial charge in [-0.15, -0.1) is 0 Å². The van der Waals surface area contributed by atoms with E-state index in [0.29, 0.717) is 5.92 Å². The van der Waals surface area contributed by atoms with Crippen molar-refractivity contribution in [1.29, 1.82) is 0 Å². The van der Waals surface area contributed by atoms with Crippen LogP contribution in [0.5, 0.6) is 0 Å². The van der Waals surface area contributed by atoms with E-state index in [0.717, 1.165) is 58.5 Å². The molecule has 1 aliphatic rings. The molecule has 1 atom stereocenters. The fourth-order valence-electron chi connectivity index (χ4n) is 2.51. The van der Waals surface area contributed by atoms with Crippen LogP contribution in [0.2, 0.25) is 0 Å². The maximum atomic E-state index is 12.3. The molecule has 1 amide bonds. The monoisotopic (exact) mass is 270 g/mol. The third-order valence-corrected chi connectivity index (χ3v) is 3.83. The number of ether oxygens (including phenoxy) is 1. The Bertz CT molecular complexity index is 261. The first kappa shape index (κ1) is 16.4. The van der Waals surface area contributed by atoms with Crippen LogP contribution in [0.4, 0.5) is 0 Å². The molecule has 0 aromatic heterocycles. The van der Waals surface area contributed by atoms with Crippen LogP contribution in [0.1, 0.15) is 46.5 Å². The van der Waals surface area contributed by atoms with Crippen LogP contribution in [0.25, 0.3) is 0 Å². The van der Waals surface area contributed by atoms with E-state index < -0.39 is 0 Å². The molecule has 0 aromatic rings. The molecule has 1 fully saturated rings. The summed E-state index contributed by atoms with van der Waals surface area (Å²) in [6.45, 7) is 10.5. The molecule has 0 bridgehead atoms. The first-order chi connectivity index (χ1) is 9.10. The number of carbonyl (C=O) groups is 1. The molecule has 1 heterocycles. The van der Waals surface area contributed by atoms with Gasteiger partial charge in [-0.2, -0.15) is 0 Å². The van der Waals surface area contributed by atoms with Crippen LogP contribution >= 0.6 is 0 Å². The Morgan fingerprint density at radius 1 is 1.47 bits per heavy atom. The summed E-state index contributed by atoms with van der Waals surface area (Å²) in [5, 5.41) is 6.42. The zero-order chi connectivity index (χ0) is 14.1. The Balaban J connectivity index is 2.18. The highest BCUT2D eigenvalue weighted by Crippen LogP contribution is 2.30. The summed E-state index contributed by atoms with van der Waals surface area (Å²) in [6, 6.07) is 0. The van der Waals surface area contributed by atoms with Gasteiger partial charge in [0.1, 0.15) is 0 Å². The summed E-state index contributed by atoms with van der Waals surface area (Å²) >= 11 is 0. The summed E-state index contributed by atoms with van der Waals surface area (Å²) < 4.78 is 5.51. The normalized spacial score (nSPS) is 23.6. The smallest absolute Gasteiger partial charge is 0.227 e. The molecule has 19 heavy (non-hydrogen) atoms. The topological polar surface area (TPSA) is 50.4 Å². The number of nitrogens with one attached hydrogen (secondary N) is 2. The lowest BCUT2D eigenvalue weighted by atomic mass is 9.77. The van der Waals surface area contributed by atoms with Crippen molar-refractivity contribution in [3.63, 3.8) is 0 Å². The molecule has 112 valence electrons. The van der Waals surface area contributed by atoms with E-state index in [2.05, 4.69) is 31.4 Å². The maximum absolute atomic E-state index is 12.3. The number of amides is 1. The molecule has 1 aliphatic heterocycles. The van der Waals surface area contributed by atoms with Crippen molar-refractivity contribution in [1.82, 2.24) is 10.6 Å². The van der Waals surface area contributed by atoms with Crippen LogP contribution < -0.4 is 10.6 Å². The van der Waals surface area contributed by atoms with Crippen molar-refractivity contribution >= 4 is 5.91 Å². The van der Waals surface area contributed by atoms with Gasteiger partial charge in [-0.1, -0.05) is 20.8 Å². The lowest BCUT2D eigenvalue weighted by Gasteiger charge is -2.35. The fraction of sp³-hybridized carbons (Fsp3) is 0.933. The minimum absolute atomic E-state index is 0.183. The lowest BCUT2D eigenvalue weighted by molar-refractivity contribution is -0.132. The van der Waals surface area contributed by atoms with Gasteiger partial charge in [0.2, 0.25) is 5.91 Å². The van der Waals surface area contributed by atoms with E-state index in [9.17, 15) is 4.79 Å². The maximum Gasteiger partial charge on any atom is 0.227 e. The number of rotatable bonds is 8. The number of carbonyl (C=O) groups excluding carboxylic acids is 1. The molecular formula is C15H30N2O2. The van der Waals surface area contributed by atoms with Gasteiger partial charge in [0.05, 0.1) is 5.41 Å². The zero-order valence-corrected chi connectivity index (χ0v) is 12.8. The molecule has 1 rings (SSSR count). The quantitative estimate of drug-likeness (QED) is 0.663. The second-order valence-corrected chi connectivity index (χ2v) is 5.99. The van der Waals surface area contributed by atoms with Gasteiger partial charge in [0, 0.05) is 26.3 Å². The Labute approximate surface area is 117 Å². The molecule has 0 radical (unpaired) electrons. The second kappa shape index (κ2) is 8.54. The van der Waals surface area contributed by atoms with E-state index in [1.54, 1.807) is 0 Å². The van der Waals surface area contributed by atoms with Gasteiger partial charge in [-0.05, 0) is 38.1 Å². The van der Waals surface area contributed by atoms with Crippen LogP contribution in [-0.2, 0) is 9.53 Å². The van der Waals surface area contributed by atoms with Crippen molar-refractivity contribution in [3.05, 3.63) is 0 Å². The summed E-state index contributed by atoms with van der Waals surface area (Å²) in [5.41, 5.74) is -0.183. The van der Waals surface area contributed by atoms with Crippen molar-refractivity contribution in [3.8, 4) is 0 Å². The highest BCUT2D eigenvalue weighted by molar-refractivity contribution is 5.82. The standard InChI is InChI=1S/C15H30N2O2/c1-4-15(7-5-8-16-12-15)14(18)17-9-6-10-19-11-13(2)3/h13,16H,4-12H2,1-3H3,(H,17,18). The van der Waals surface area contributed by atoms with Gasteiger partial charge in [0.15, 0.2) is 0 Å². The second-order valence-electron chi connectivity index (χ2n) is 5.99. The van der Waals surface area contributed by atoms with E-state index in [1.807, 2.05) is 0 Å². The Morgan fingerprint density at radius 3 is 2.84 bits per heavy atom. The lowest BCUT2D eigenvalue weighted by Crippen LogP contribution is -2.50. The zero-order valence-electron chi connectivity index (χ0n) is 12.8. The summed E-state index contributed by atoms with van der Waals surface area (Å²) in [4.78, 5) is 12.3. The molecular weight excluding hydrogens is 240 g/mol. The number of piperidine rings is 1. The van der Waals surface area contributed by atoms with Crippen molar-refractivity contribution < 1.29 is 9.53 Å². The third kappa shape index (κ3) is 5.49. The predicted molar refractivity (Wildman–Crippen MR) is 78.1 cm³/mol. The first-order valence-corrected chi connectivity index (χ1v) is 7.67. The molecule has 0 aliphatic carbocycles. The predicted octanol–water partition coefficient (Wildman–Crippen LogP) is 1.95. The minimum atomic E-state index is -0.183. The summed E-state index contributed by atoms with van der Waals surface area (Å²) in [7, 11) is 0. The molecule has 4 nitrogen and oxygen atoms in total. The highest BCUT2D eigenvalue weighted by atomic mass is 16.5. The van der Waals surface area contributed by atoms with E-state index in [4.69, 9.17) is 4.74 Å². The Hall–Kier alpha value is -0.610. The average Bonchev–Trinajstić information content (AvgIpc) is 2.42. The van der Waals surface area contributed by atoms with Gasteiger partial charge in [-0.3, -0.25) is 4.79 Å². The number of hydrogen-bond acceptors (Lipinski definition) is 3. The van der Waals surface area contributed by atoms with Gasteiger partial charge >= 0.3 is 0 Å². The SMILES string of the molecule is CCC1(C(=O)NCCCOCC(C)C)CCCNC1. The first-order valence-electron chi connectivity index (χ1n) is 7.67. The molecule has 1 saturated heterocycles. The summed E-state index contributed by atoms with van der Waals surface area (Å²) in [5.74, 6) is 0.789. The van der Waals surface area contributed by atoms with Crippen molar-refractivity contribution in [2.75, 3.05) is 32.8 Å². The van der Waals surface area contributed by atoms with Crippen molar-refractivity contribution in [2.24, 2.45) is 11.3 Å². The Kier molecular flexibility index (Phi) is 7.39. The fourth-order valence-corrected chi connectivity index (χ4v) is 2.51. The van der Waals surface area contributed by atoms with E-state index in [-0.39, 0.29) is 11.3 Å². The number of hydrogen-bond donors (Lipinski definition) is 2.